The Labute approximate surface area is 114 Å². The maximum Gasteiger partial charge on any atom is 0.257 e. The van der Waals surface area contributed by atoms with Crippen LogP contribution in [0.5, 0.6) is 0 Å². The summed E-state index contributed by atoms with van der Waals surface area (Å²) in [6.07, 6.45) is 6.41. The van der Waals surface area contributed by atoms with Crippen LogP contribution in [0.2, 0.25) is 0 Å². The molecular formula is C15H21N3O. The Balaban J connectivity index is 1.81. The summed E-state index contributed by atoms with van der Waals surface area (Å²) in [7, 11) is 0. The number of carbonyl (C=O) groups is 1. The summed E-state index contributed by atoms with van der Waals surface area (Å²) >= 11 is 0. The van der Waals surface area contributed by atoms with Gasteiger partial charge in [0.1, 0.15) is 5.82 Å². The average molecular weight is 259 g/mol. The normalized spacial score (nSPS) is 25.7. The number of aryl methyl sites for hydroxylation is 2. The summed E-state index contributed by atoms with van der Waals surface area (Å²) in [4.78, 5) is 23.2. The SMILES string of the molecule is CCc1nc(C)ncc1C(=O)N1CC2CCCC2C1. The highest BCUT2D eigenvalue weighted by molar-refractivity contribution is 5.95. The zero-order valence-corrected chi connectivity index (χ0v) is 11.7. The van der Waals surface area contributed by atoms with Crippen molar-refractivity contribution in [1.82, 2.24) is 14.9 Å². The van der Waals surface area contributed by atoms with Crippen molar-refractivity contribution in [3.05, 3.63) is 23.3 Å². The van der Waals surface area contributed by atoms with Gasteiger partial charge in [-0.05, 0) is 38.0 Å². The van der Waals surface area contributed by atoms with E-state index in [1.807, 2.05) is 18.7 Å². The van der Waals surface area contributed by atoms with Crippen LogP contribution in [-0.4, -0.2) is 33.9 Å². The lowest BCUT2D eigenvalue weighted by atomic mass is 10.0. The molecule has 1 aromatic rings. The summed E-state index contributed by atoms with van der Waals surface area (Å²) in [5, 5.41) is 0. The van der Waals surface area contributed by atoms with E-state index in [0.29, 0.717) is 5.56 Å². The smallest absolute Gasteiger partial charge is 0.257 e. The molecule has 1 aliphatic heterocycles. The molecule has 1 aliphatic carbocycles. The van der Waals surface area contributed by atoms with Crippen LogP contribution < -0.4 is 0 Å². The van der Waals surface area contributed by atoms with E-state index < -0.39 is 0 Å². The molecule has 0 radical (unpaired) electrons. The second-order valence-electron chi connectivity index (χ2n) is 5.79. The summed E-state index contributed by atoms with van der Waals surface area (Å²) in [5.41, 5.74) is 1.59. The third-order valence-corrected chi connectivity index (χ3v) is 4.57. The second kappa shape index (κ2) is 4.91. The van der Waals surface area contributed by atoms with Gasteiger partial charge in [0.2, 0.25) is 0 Å². The van der Waals surface area contributed by atoms with Crippen LogP contribution in [-0.2, 0) is 6.42 Å². The molecule has 3 rings (SSSR count). The molecule has 0 spiro atoms. The zero-order valence-electron chi connectivity index (χ0n) is 11.7. The number of hydrogen-bond acceptors (Lipinski definition) is 3. The van der Waals surface area contributed by atoms with Crippen molar-refractivity contribution in [3.63, 3.8) is 0 Å². The number of nitrogens with zero attached hydrogens (tertiary/aromatic N) is 3. The van der Waals surface area contributed by atoms with Gasteiger partial charge in [0, 0.05) is 19.3 Å². The highest BCUT2D eigenvalue weighted by atomic mass is 16.2. The third-order valence-electron chi connectivity index (χ3n) is 4.57. The van der Waals surface area contributed by atoms with E-state index in [9.17, 15) is 4.79 Å². The first-order valence-electron chi connectivity index (χ1n) is 7.30. The maximum absolute atomic E-state index is 12.6. The first-order chi connectivity index (χ1) is 9.19. The number of rotatable bonds is 2. The lowest BCUT2D eigenvalue weighted by molar-refractivity contribution is 0.0778. The Bertz CT molecular complexity index is 488. The van der Waals surface area contributed by atoms with Gasteiger partial charge in [0.15, 0.2) is 0 Å². The van der Waals surface area contributed by atoms with Crippen molar-refractivity contribution in [2.24, 2.45) is 11.8 Å². The van der Waals surface area contributed by atoms with Crippen molar-refractivity contribution in [2.75, 3.05) is 13.1 Å². The first kappa shape index (κ1) is 12.6. The molecule has 1 saturated carbocycles. The number of amides is 1. The standard InChI is InChI=1S/C15H21N3O/c1-3-14-13(7-16-10(2)17-14)15(19)18-8-11-5-4-6-12(11)9-18/h7,11-12H,3-6,8-9H2,1-2H3. The molecule has 2 unspecified atom stereocenters. The van der Waals surface area contributed by atoms with Gasteiger partial charge in [-0.2, -0.15) is 0 Å². The molecule has 4 nitrogen and oxygen atoms in total. The van der Waals surface area contributed by atoms with Crippen LogP contribution in [0.15, 0.2) is 6.20 Å². The molecule has 2 aliphatic rings. The molecule has 0 N–H and O–H groups in total. The fourth-order valence-electron chi connectivity index (χ4n) is 3.54. The summed E-state index contributed by atoms with van der Waals surface area (Å²) in [5.74, 6) is 2.35. The van der Waals surface area contributed by atoms with Crippen molar-refractivity contribution in [2.45, 2.75) is 39.5 Å². The molecule has 1 amide bonds. The highest BCUT2D eigenvalue weighted by Gasteiger charge is 2.38. The molecule has 2 fully saturated rings. The molecule has 1 saturated heterocycles. The molecule has 4 heteroatoms. The number of carbonyl (C=O) groups excluding carboxylic acids is 1. The van der Waals surface area contributed by atoms with Crippen LogP contribution in [0, 0.1) is 18.8 Å². The Kier molecular flexibility index (Phi) is 3.25. The van der Waals surface area contributed by atoms with Crippen LogP contribution in [0.4, 0.5) is 0 Å². The molecule has 102 valence electrons. The first-order valence-corrected chi connectivity index (χ1v) is 7.30. The maximum atomic E-state index is 12.6. The van der Waals surface area contributed by atoms with Gasteiger partial charge >= 0.3 is 0 Å². The van der Waals surface area contributed by atoms with Gasteiger partial charge in [0.05, 0.1) is 11.3 Å². The van der Waals surface area contributed by atoms with E-state index >= 15 is 0 Å². The monoisotopic (exact) mass is 259 g/mol. The fraction of sp³-hybridized carbons (Fsp3) is 0.667. The summed E-state index contributed by atoms with van der Waals surface area (Å²) in [6.45, 7) is 5.77. The Hall–Kier alpha value is -1.45. The lowest BCUT2D eigenvalue weighted by Crippen LogP contribution is -2.30. The van der Waals surface area contributed by atoms with Crippen LogP contribution in [0.25, 0.3) is 0 Å². The van der Waals surface area contributed by atoms with Gasteiger partial charge in [-0.3, -0.25) is 4.79 Å². The highest BCUT2D eigenvalue weighted by Crippen LogP contribution is 2.38. The van der Waals surface area contributed by atoms with Crippen molar-refractivity contribution in [1.29, 1.82) is 0 Å². The van der Waals surface area contributed by atoms with E-state index in [1.165, 1.54) is 19.3 Å². The van der Waals surface area contributed by atoms with Crippen LogP contribution in [0.1, 0.15) is 48.1 Å². The molecular weight excluding hydrogens is 238 g/mol. The molecule has 2 heterocycles. The number of aromatic nitrogens is 2. The van der Waals surface area contributed by atoms with Crippen LogP contribution >= 0.6 is 0 Å². The van der Waals surface area contributed by atoms with Gasteiger partial charge < -0.3 is 4.90 Å². The number of fused-ring (bicyclic) bond motifs is 1. The zero-order chi connectivity index (χ0) is 13.4. The summed E-state index contributed by atoms with van der Waals surface area (Å²) in [6, 6.07) is 0. The lowest BCUT2D eigenvalue weighted by Gasteiger charge is -2.18. The molecule has 0 aromatic carbocycles. The third kappa shape index (κ3) is 2.24. The van der Waals surface area contributed by atoms with Crippen molar-refractivity contribution < 1.29 is 4.79 Å². The average Bonchev–Trinajstić information content (AvgIpc) is 2.98. The molecule has 19 heavy (non-hydrogen) atoms. The molecule has 1 aromatic heterocycles. The minimum atomic E-state index is 0.131. The van der Waals surface area contributed by atoms with E-state index in [4.69, 9.17) is 0 Å². The summed E-state index contributed by atoms with van der Waals surface area (Å²) < 4.78 is 0. The van der Waals surface area contributed by atoms with Gasteiger partial charge in [-0.25, -0.2) is 9.97 Å². The van der Waals surface area contributed by atoms with Crippen LogP contribution in [0.3, 0.4) is 0 Å². The van der Waals surface area contributed by atoms with E-state index in [1.54, 1.807) is 6.20 Å². The predicted octanol–water partition coefficient (Wildman–Crippen LogP) is 2.22. The van der Waals surface area contributed by atoms with Gasteiger partial charge in [-0.1, -0.05) is 13.3 Å². The number of likely N-dealkylation sites (tertiary alicyclic amines) is 1. The fourth-order valence-corrected chi connectivity index (χ4v) is 3.54. The Morgan fingerprint density at radius 3 is 2.68 bits per heavy atom. The van der Waals surface area contributed by atoms with E-state index in [2.05, 4.69) is 9.97 Å². The second-order valence-corrected chi connectivity index (χ2v) is 5.79. The minimum Gasteiger partial charge on any atom is -0.338 e. The quantitative estimate of drug-likeness (QED) is 0.818. The molecule has 2 atom stereocenters. The largest absolute Gasteiger partial charge is 0.338 e. The Morgan fingerprint density at radius 1 is 1.37 bits per heavy atom. The van der Waals surface area contributed by atoms with Crippen molar-refractivity contribution >= 4 is 5.91 Å². The van der Waals surface area contributed by atoms with Crippen molar-refractivity contribution in [3.8, 4) is 0 Å². The minimum absolute atomic E-state index is 0.131. The predicted molar refractivity (Wildman–Crippen MR) is 72.9 cm³/mol. The molecule has 0 bridgehead atoms. The number of hydrogen-bond donors (Lipinski definition) is 0. The van der Waals surface area contributed by atoms with Gasteiger partial charge in [-0.15, -0.1) is 0 Å². The van der Waals surface area contributed by atoms with Gasteiger partial charge in [0.25, 0.3) is 5.91 Å². The van der Waals surface area contributed by atoms with E-state index in [0.717, 1.165) is 42.9 Å². The Morgan fingerprint density at radius 2 is 2.05 bits per heavy atom. The van der Waals surface area contributed by atoms with E-state index in [-0.39, 0.29) is 5.91 Å². The topological polar surface area (TPSA) is 46.1 Å².